The van der Waals surface area contributed by atoms with Crippen LogP contribution in [0.4, 0.5) is 5.82 Å². The van der Waals surface area contributed by atoms with E-state index in [4.69, 9.17) is 15.7 Å². The van der Waals surface area contributed by atoms with Crippen molar-refractivity contribution in [2.24, 2.45) is 11.7 Å². The summed E-state index contributed by atoms with van der Waals surface area (Å²) in [7, 11) is 0. The maximum Gasteiger partial charge on any atom is 0.126 e. The number of nitrogens with zero attached hydrogens (tertiary/aromatic N) is 2. The topological polar surface area (TPSA) is 84.0 Å². The minimum atomic E-state index is 0.139. The number of anilines is 1. The van der Waals surface area contributed by atoms with Crippen LogP contribution in [0, 0.1) is 17.2 Å². The van der Waals surface area contributed by atoms with Crippen molar-refractivity contribution in [3.05, 3.63) is 23.9 Å². The maximum atomic E-state index is 8.68. The van der Waals surface area contributed by atoms with Crippen LogP contribution < -0.4 is 11.1 Å². The van der Waals surface area contributed by atoms with Crippen molar-refractivity contribution < 1.29 is 4.74 Å². The quantitative estimate of drug-likeness (QED) is 0.772. The Morgan fingerprint density at radius 2 is 2.41 bits per heavy atom. The van der Waals surface area contributed by atoms with E-state index in [9.17, 15) is 0 Å². The van der Waals surface area contributed by atoms with Gasteiger partial charge in [0.15, 0.2) is 0 Å². The SMILES string of the molecule is N#Cc1ccc(NC2C(N)C3CCOC32)nc1. The molecule has 4 atom stereocenters. The van der Waals surface area contributed by atoms with Crippen molar-refractivity contribution in [2.75, 3.05) is 11.9 Å². The van der Waals surface area contributed by atoms with Gasteiger partial charge in [0.2, 0.25) is 0 Å². The zero-order chi connectivity index (χ0) is 11.8. The lowest BCUT2D eigenvalue weighted by molar-refractivity contribution is 0.00524. The second-order valence-corrected chi connectivity index (χ2v) is 4.58. The molecular formula is C12H14N4O. The van der Waals surface area contributed by atoms with Crippen LogP contribution in [0.2, 0.25) is 0 Å². The van der Waals surface area contributed by atoms with Gasteiger partial charge in [0, 0.05) is 24.8 Å². The van der Waals surface area contributed by atoms with Crippen molar-refractivity contribution in [1.29, 1.82) is 5.26 Å². The lowest BCUT2D eigenvalue weighted by Gasteiger charge is -2.45. The largest absolute Gasteiger partial charge is 0.376 e. The Morgan fingerprint density at radius 1 is 1.53 bits per heavy atom. The molecule has 0 amide bonds. The fraction of sp³-hybridized carbons (Fsp3) is 0.500. The van der Waals surface area contributed by atoms with Gasteiger partial charge in [-0.2, -0.15) is 5.26 Å². The molecule has 5 nitrogen and oxygen atoms in total. The highest BCUT2D eigenvalue weighted by Crippen LogP contribution is 2.39. The monoisotopic (exact) mass is 230 g/mol. The summed E-state index contributed by atoms with van der Waals surface area (Å²) in [6, 6.07) is 5.86. The van der Waals surface area contributed by atoms with E-state index in [2.05, 4.69) is 10.3 Å². The molecule has 1 aliphatic heterocycles. The molecule has 2 heterocycles. The number of nitrogens with two attached hydrogens (primary N) is 1. The van der Waals surface area contributed by atoms with Crippen LogP contribution in [0.3, 0.4) is 0 Å². The van der Waals surface area contributed by atoms with Crippen molar-refractivity contribution in [3.63, 3.8) is 0 Å². The van der Waals surface area contributed by atoms with E-state index in [1.165, 1.54) is 0 Å². The molecule has 5 heteroatoms. The first-order valence-corrected chi connectivity index (χ1v) is 5.79. The minimum absolute atomic E-state index is 0.139. The van der Waals surface area contributed by atoms with Gasteiger partial charge in [-0.05, 0) is 18.6 Å². The van der Waals surface area contributed by atoms with Crippen LogP contribution in [0.5, 0.6) is 0 Å². The van der Waals surface area contributed by atoms with Gasteiger partial charge in [-0.3, -0.25) is 0 Å². The van der Waals surface area contributed by atoms with Crippen LogP contribution in [-0.2, 0) is 4.74 Å². The summed E-state index contributed by atoms with van der Waals surface area (Å²) >= 11 is 0. The van der Waals surface area contributed by atoms with E-state index in [0.717, 1.165) is 18.8 Å². The maximum absolute atomic E-state index is 8.68. The summed E-state index contributed by atoms with van der Waals surface area (Å²) in [6.07, 6.45) is 2.84. The number of hydrogen-bond donors (Lipinski definition) is 2. The molecule has 2 aliphatic rings. The van der Waals surface area contributed by atoms with Gasteiger partial charge in [0.05, 0.1) is 17.7 Å². The second kappa shape index (κ2) is 3.99. The molecule has 0 aromatic carbocycles. The molecule has 1 saturated carbocycles. The Morgan fingerprint density at radius 3 is 3.12 bits per heavy atom. The number of pyridine rings is 1. The third-order valence-corrected chi connectivity index (χ3v) is 3.65. The lowest BCUT2D eigenvalue weighted by Crippen LogP contribution is -2.65. The third-order valence-electron chi connectivity index (χ3n) is 3.65. The van der Waals surface area contributed by atoms with E-state index in [-0.39, 0.29) is 18.2 Å². The van der Waals surface area contributed by atoms with Gasteiger partial charge in [-0.1, -0.05) is 0 Å². The predicted molar refractivity (Wildman–Crippen MR) is 62.2 cm³/mol. The smallest absolute Gasteiger partial charge is 0.126 e. The van der Waals surface area contributed by atoms with E-state index in [0.29, 0.717) is 11.5 Å². The fourth-order valence-corrected chi connectivity index (χ4v) is 2.64. The molecule has 1 aliphatic carbocycles. The first kappa shape index (κ1) is 10.5. The highest BCUT2D eigenvalue weighted by molar-refractivity contribution is 5.41. The van der Waals surface area contributed by atoms with Gasteiger partial charge < -0.3 is 15.8 Å². The van der Waals surface area contributed by atoms with Gasteiger partial charge in [0.25, 0.3) is 0 Å². The highest BCUT2D eigenvalue weighted by Gasteiger charge is 2.52. The van der Waals surface area contributed by atoms with Gasteiger partial charge in [-0.25, -0.2) is 4.98 Å². The molecule has 2 fully saturated rings. The molecule has 0 radical (unpaired) electrons. The van der Waals surface area contributed by atoms with Crippen molar-refractivity contribution >= 4 is 5.82 Å². The first-order chi connectivity index (χ1) is 8.29. The number of nitriles is 1. The summed E-state index contributed by atoms with van der Waals surface area (Å²) in [4.78, 5) is 4.18. The molecule has 4 unspecified atom stereocenters. The Balaban J connectivity index is 1.69. The van der Waals surface area contributed by atoms with Crippen molar-refractivity contribution in [2.45, 2.75) is 24.6 Å². The molecule has 0 bridgehead atoms. The zero-order valence-corrected chi connectivity index (χ0v) is 9.34. The average Bonchev–Trinajstić information content (AvgIpc) is 2.81. The third kappa shape index (κ3) is 1.66. The molecule has 1 aromatic heterocycles. The first-order valence-electron chi connectivity index (χ1n) is 5.79. The summed E-state index contributed by atoms with van der Waals surface area (Å²) in [5.41, 5.74) is 6.65. The van der Waals surface area contributed by atoms with Gasteiger partial charge in [0.1, 0.15) is 11.9 Å². The van der Waals surface area contributed by atoms with Gasteiger partial charge in [-0.15, -0.1) is 0 Å². The lowest BCUT2D eigenvalue weighted by atomic mass is 9.72. The summed E-state index contributed by atoms with van der Waals surface area (Å²) in [5.74, 6) is 1.24. The van der Waals surface area contributed by atoms with Gasteiger partial charge >= 0.3 is 0 Å². The summed E-state index contributed by atoms with van der Waals surface area (Å²) < 4.78 is 5.63. The predicted octanol–water partition coefficient (Wildman–Crippen LogP) is 0.480. The number of rotatable bonds is 2. The van der Waals surface area contributed by atoms with Crippen LogP contribution in [0.1, 0.15) is 12.0 Å². The molecule has 1 saturated heterocycles. The average molecular weight is 230 g/mol. The molecule has 1 aromatic rings. The number of ether oxygens (including phenoxy) is 1. The molecule has 17 heavy (non-hydrogen) atoms. The molecule has 0 spiro atoms. The Kier molecular flexibility index (Phi) is 2.46. The van der Waals surface area contributed by atoms with E-state index < -0.39 is 0 Å². The molecular weight excluding hydrogens is 216 g/mol. The van der Waals surface area contributed by atoms with Crippen molar-refractivity contribution in [3.8, 4) is 6.07 Å². The van der Waals surface area contributed by atoms with Crippen LogP contribution in [0.25, 0.3) is 0 Å². The summed E-state index contributed by atoms with van der Waals surface area (Å²) in [5, 5.41) is 12.0. The van der Waals surface area contributed by atoms with E-state index in [1.54, 1.807) is 18.3 Å². The Bertz CT molecular complexity index is 453. The molecule has 88 valence electrons. The fourth-order valence-electron chi connectivity index (χ4n) is 2.64. The minimum Gasteiger partial charge on any atom is -0.376 e. The van der Waals surface area contributed by atoms with Crippen LogP contribution in [0.15, 0.2) is 18.3 Å². The van der Waals surface area contributed by atoms with Crippen molar-refractivity contribution in [1.82, 2.24) is 4.98 Å². The molecule has 3 N–H and O–H groups in total. The second-order valence-electron chi connectivity index (χ2n) is 4.58. The van der Waals surface area contributed by atoms with Crippen LogP contribution >= 0.6 is 0 Å². The van der Waals surface area contributed by atoms with E-state index >= 15 is 0 Å². The van der Waals surface area contributed by atoms with Crippen LogP contribution in [-0.4, -0.2) is 29.8 Å². The number of aromatic nitrogens is 1. The zero-order valence-electron chi connectivity index (χ0n) is 9.34. The standard InChI is InChI=1S/C12H14N4O/c13-5-7-1-2-9(15-6-7)16-11-10(14)8-3-4-17-12(8)11/h1-2,6,8,10-12H,3-4,14H2,(H,15,16). The number of hydrogen-bond acceptors (Lipinski definition) is 5. The Labute approximate surface area is 99.6 Å². The van der Waals surface area contributed by atoms with E-state index in [1.807, 2.05) is 6.07 Å². The number of fused-ring (bicyclic) bond motifs is 1. The Hall–Kier alpha value is -1.64. The highest BCUT2D eigenvalue weighted by atomic mass is 16.5. The molecule has 3 rings (SSSR count). The summed E-state index contributed by atoms with van der Waals surface area (Å²) in [6.45, 7) is 0.808. The normalized spacial score (nSPS) is 34.6. The number of nitrogens with one attached hydrogen (secondary N) is 1.